The van der Waals surface area contributed by atoms with Crippen molar-refractivity contribution in [2.45, 2.75) is 26.3 Å². The van der Waals surface area contributed by atoms with Gasteiger partial charge in [-0.25, -0.2) is 9.18 Å². The Balaban J connectivity index is 1.30. The van der Waals surface area contributed by atoms with Crippen LogP contribution >= 0.6 is 0 Å². The van der Waals surface area contributed by atoms with Crippen molar-refractivity contribution in [1.29, 1.82) is 0 Å². The molecule has 2 fully saturated rings. The Hall–Kier alpha value is -3.01. The molecule has 2 saturated heterocycles. The van der Waals surface area contributed by atoms with Crippen LogP contribution in [-0.2, 0) is 16.1 Å². The first-order valence-corrected chi connectivity index (χ1v) is 11.0. The Labute approximate surface area is 186 Å². The van der Waals surface area contributed by atoms with Crippen molar-refractivity contribution in [1.82, 2.24) is 24.8 Å². The second-order valence-corrected chi connectivity index (χ2v) is 8.10. The lowest BCUT2D eigenvalue weighted by atomic mass is 9.96. The van der Waals surface area contributed by atoms with E-state index in [1.807, 2.05) is 4.90 Å². The highest BCUT2D eigenvalue weighted by atomic mass is 19.1. The zero-order chi connectivity index (χ0) is 22.5. The molecule has 32 heavy (non-hydrogen) atoms. The lowest BCUT2D eigenvalue weighted by Crippen LogP contribution is -2.53. The number of carbonyl (C=O) groups is 2. The standard InChI is InChI=1S/C22H28FN5O4/c1-2-31-22(30)28-12-10-27(11-13-28)21(29)17-4-3-9-26(14-17)15-19-24-20(25-32-19)16-5-7-18(23)8-6-16/h5-8,17H,2-4,9-15H2,1H3. The second-order valence-electron chi connectivity index (χ2n) is 8.10. The fraction of sp³-hybridized carbons (Fsp3) is 0.545. The molecule has 0 radical (unpaired) electrons. The first-order valence-electron chi connectivity index (χ1n) is 11.0. The Morgan fingerprint density at radius 3 is 2.56 bits per heavy atom. The van der Waals surface area contributed by atoms with E-state index in [0.717, 1.165) is 19.4 Å². The first-order chi connectivity index (χ1) is 15.5. The quantitative estimate of drug-likeness (QED) is 0.698. The van der Waals surface area contributed by atoms with Crippen molar-refractivity contribution in [2.24, 2.45) is 5.92 Å². The molecule has 9 nitrogen and oxygen atoms in total. The molecular formula is C22H28FN5O4. The van der Waals surface area contributed by atoms with Crippen LogP contribution in [0.3, 0.4) is 0 Å². The van der Waals surface area contributed by atoms with Crippen LogP contribution in [0.25, 0.3) is 11.4 Å². The van der Waals surface area contributed by atoms with Gasteiger partial charge in [0.05, 0.1) is 19.1 Å². The predicted octanol–water partition coefficient (Wildman–Crippen LogP) is 2.39. The number of piperazine rings is 1. The minimum Gasteiger partial charge on any atom is -0.450 e. The van der Waals surface area contributed by atoms with E-state index in [-0.39, 0.29) is 23.7 Å². The van der Waals surface area contributed by atoms with Gasteiger partial charge < -0.3 is 19.1 Å². The summed E-state index contributed by atoms with van der Waals surface area (Å²) in [6.45, 7) is 6.13. The van der Waals surface area contributed by atoms with Gasteiger partial charge in [-0.2, -0.15) is 4.98 Å². The van der Waals surface area contributed by atoms with E-state index in [2.05, 4.69) is 15.0 Å². The molecule has 2 aliphatic rings. The highest BCUT2D eigenvalue weighted by molar-refractivity contribution is 5.79. The molecule has 10 heteroatoms. The smallest absolute Gasteiger partial charge is 0.409 e. The fourth-order valence-electron chi connectivity index (χ4n) is 4.21. The van der Waals surface area contributed by atoms with Crippen LogP contribution in [-0.4, -0.2) is 82.7 Å². The van der Waals surface area contributed by atoms with E-state index in [4.69, 9.17) is 9.26 Å². The molecule has 4 rings (SSSR count). The molecule has 0 N–H and O–H groups in total. The number of benzene rings is 1. The SMILES string of the molecule is CCOC(=O)N1CCN(C(=O)C2CCCN(Cc3nc(-c4ccc(F)cc4)no3)C2)CC1. The molecule has 1 aromatic heterocycles. The third-order valence-corrected chi connectivity index (χ3v) is 5.90. The van der Waals surface area contributed by atoms with Gasteiger partial charge in [0.2, 0.25) is 17.6 Å². The minimum absolute atomic E-state index is 0.0858. The zero-order valence-corrected chi connectivity index (χ0v) is 18.2. The van der Waals surface area contributed by atoms with Crippen LogP contribution in [0.4, 0.5) is 9.18 Å². The van der Waals surface area contributed by atoms with E-state index >= 15 is 0 Å². The maximum absolute atomic E-state index is 13.1. The summed E-state index contributed by atoms with van der Waals surface area (Å²) >= 11 is 0. The summed E-state index contributed by atoms with van der Waals surface area (Å²) in [5.41, 5.74) is 0.690. The largest absolute Gasteiger partial charge is 0.450 e. The van der Waals surface area contributed by atoms with Gasteiger partial charge in [0, 0.05) is 38.3 Å². The Bertz CT molecular complexity index is 927. The van der Waals surface area contributed by atoms with Crippen LogP contribution in [0.15, 0.2) is 28.8 Å². The molecule has 2 amide bonds. The lowest BCUT2D eigenvalue weighted by Gasteiger charge is -2.38. The van der Waals surface area contributed by atoms with Crippen LogP contribution in [0.1, 0.15) is 25.7 Å². The van der Waals surface area contributed by atoms with Crippen molar-refractivity contribution in [2.75, 3.05) is 45.9 Å². The molecule has 1 atom stereocenters. The molecule has 172 valence electrons. The summed E-state index contributed by atoms with van der Waals surface area (Å²) in [7, 11) is 0. The number of hydrogen-bond donors (Lipinski definition) is 0. The topological polar surface area (TPSA) is 92.0 Å². The molecule has 2 aromatic rings. The summed E-state index contributed by atoms with van der Waals surface area (Å²) in [5.74, 6) is 0.626. The van der Waals surface area contributed by atoms with Crippen molar-refractivity contribution in [3.05, 3.63) is 36.0 Å². The van der Waals surface area contributed by atoms with Gasteiger partial charge in [-0.15, -0.1) is 0 Å². The number of carbonyl (C=O) groups excluding carboxylic acids is 2. The number of ether oxygens (including phenoxy) is 1. The summed E-state index contributed by atoms with van der Waals surface area (Å²) in [6.07, 6.45) is 1.44. The number of halogens is 1. The van der Waals surface area contributed by atoms with Crippen molar-refractivity contribution in [3.8, 4) is 11.4 Å². The highest BCUT2D eigenvalue weighted by Gasteiger charge is 2.32. The third kappa shape index (κ3) is 5.24. The Kier molecular flexibility index (Phi) is 6.99. The van der Waals surface area contributed by atoms with E-state index in [9.17, 15) is 14.0 Å². The van der Waals surface area contributed by atoms with Crippen molar-refractivity contribution < 1.29 is 23.2 Å². The summed E-state index contributed by atoms with van der Waals surface area (Å²) in [5, 5.41) is 3.99. The number of amides is 2. The number of likely N-dealkylation sites (tertiary alicyclic amines) is 1. The Morgan fingerprint density at radius 1 is 1.12 bits per heavy atom. The average molecular weight is 445 g/mol. The van der Waals surface area contributed by atoms with E-state index in [0.29, 0.717) is 63.2 Å². The zero-order valence-electron chi connectivity index (χ0n) is 18.2. The number of nitrogens with zero attached hydrogens (tertiary/aromatic N) is 5. The van der Waals surface area contributed by atoms with Gasteiger partial charge >= 0.3 is 6.09 Å². The molecule has 0 bridgehead atoms. The van der Waals surface area contributed by atoms with Gasteiger partial charge in [0.15, 0.2) is 0 Å². The predicted molar refractivity (Wildman–Crippen MR) is 113 cm³/mol. The third-order valence-electron chi connectivity index (χ3n) is 5.90. The molecule has 0 saturated carbocycles. The van der Waals surface area contributed by atoms with Crippen LogP contribution in [0.2, 0.25) is 0 Å². The molecular weight excluding hydrogens is 417 g/mol. The minimum atomic E-state index is -0.317. The van der Waals surface area contributed by atoms with E-state index in [1.54, 1.807) is 24.0 Å². The van der Waals surface area contributed by atoms with Gasteiger partial charge in [-0.05, 0) is 50.6 Å². The molecule has 0 spiro atoms. The molecule has 3 heterocycles. The normalized spacial score (nSPS) is 19.8. The average Bonchev–Trinajstić information content (AvgIpc) is 3.28. The van der Waals surface area contributed by atoms with Crippen molar-refractivity contribution in [3.63, 3.8) is 0 Å². The summed E-state index contributed by atoms with van der Waals surface area (Å²) in [6, 6.07) is 5.94. The van der Waals surface area contributed by atoms with Crippen LogP contribution in [0, 0.1) is 11.7 Å². The first kappa shape index (κ1) is 22.2. The highest BCUT2D eigenvalue weighted by Crippen LogP contribution is 2.22. The van der Waals surface area contributed by atoms with Gasteiger partial charge in [0.1, 0.15) is 5.82 Å². The van der Waals surface area contributed by atoms with E-state index < -0.39 is 0 Å². The van der Waals surface area contributed by atoms with Gasteiger partial charge in [-0.1, -0.05) is 5.16 Å². The Morgan fingerprint density at radius 2 is 1.84 bits per heavy atom. The van der Waals surface area contributed by atoms with Crippen molar-refractivity contribution >= 4 is 12.0 Å². The fourth-order valence-corrected chi connectivity index (χ4v) is 4.21. The maximum Gasteiger partial charge on any atom is 0.409 e. The second kappa shape index (κ2) is 10.1. The number of aromatic nitrogens is 2. The monoisotopic (exact) mass is 445 g/mol. The molecule has 0 aliphatic carbocycles. The molecule has 1 aromatic carbocycles. The van der Waals surface area contributed by atoms with Crippen LogP contribution < -0.4 is 0 Å². The van der Waals surface area contributed by atoms with Gasteiger partial charge in [0.25, 0.3) is 0 Å². The summed E-state index contributed by atoms with van der Waals surface area (Å²) in [4.78, 5) is 35.0. The molecule has 1 unspecified atom stereocenters. The number of hydrogen-bond acceptors (Lipinski definition) is 7. The maximum atomic E-state index is 13.1. The van der Waals surface area contributed by atoms with Crippen LogP contribution in [0.5, 0.6) is 0 Å². The summed E-state index contributed by atoms with van der Waals surface area (Å²) < 4.78 is 23.5. The number of piperidine rings is 1. The van der Waals surface area contributed by atoms with Gasteiger partial charge in [-0.3, -0.25) is 9.69 Å². The number of rotatable bonds is 5. The lowest BCUT2D eigenvalue weighted by molar-refractivity contribution is -0.139. The van der Waals surface area contributed by atoms with E-state index in [1.165, 1.54) is 12.1 Å². The molecule has 2 aliphatic heterocycles.